The third kappa shape index (κ3) is 6.00. The molecule has 0 amide bonds. The average molecular weight is 494 g/mol. The van der Waals surface area contributed by atoms with E-state index < -0.39 is 6.36 Å². The maximum atomic E-state index is 12.8. The van der Waals surface area contributed by atoms with Gasteiger partial charge in [0.25, 0.3) is 0 Å². The van der Waals surface area contributed by atoms with E-state index in [-0.39, 0.29) is 36.6 Å². The molecule has 1 fully saturated rings. The van der Waals surface area contributed by atoms with E-state index >= 15 is 0 Å². The first-order valence-electron chi connectivity index (χ1n) is 7.47. The van der Waals surface area contributed by atoms with Crippen LogP contribution in [0.15, 0.2) is 40.2 Å². The maximum Gasteiger partial charge on any atom is 0.573 e. The van der Waals surface area contributed by atoms with Crippen LogP contribution < -0.4 is 10.1 Å². The van der Waals surface area contributed by atoms with Crippen LogP contribution in [-0.2, 0) is 0 Å². The van der Waals surface area contributed by atoms with Crippen molar-refractivity contribution < 1.29 is 17.9 Å². The van der Waals surface area contributed by atoms with E-state index in [1.807, 2.05) is 17.5 Å². The van der Waals surface area contributed by atoms with Crippen molar-refractivity contribution >= 4 is 52.1 Å². The number of nitrogens with one attached hydrogen (secondary N) is 1. The number of benzene rings is 1. The minimum Gasteiger partial charge on any atom is -0.405 e. The number of thiophene rings is 1. The van der Waals surface area contributed by atoms with Crippen LogP contribution in [0.3, 0.4) is 0 Å². The number of alkyl halides is 3. The Labute approximate surface area is 174 Å². The molecule has 1 aliphatic rings. The number of piperazine rings is 1. The molecule has 1 saturated heterocycles. The summed E-state index contributed by atoms with van der Waals surface area (Å²) in [7, 11) is 0. The van der Waals surface area contributed by atoms with Gasteiger partial charge in [-0.15, -0.1) is 49.3 Å². The Bertz CT molecular complexity index is 683. The molecule has 2 aromatic rings. The molecule has 3 rings (SSSR count). The average Bonchev–Trinajstić information content (AvgIpc) is 3.04. The van der Waals surface area contributed by atoms with Crippen molar-refractivity contribution in [2.24, 2.45) is 0 Å². The fourth-order valence-electron chi connectivity index (χ4n) is 2.87. The Morgan fingerprint density at radius 2 is 1.85 bits per heavy atom. The van der Waals surface area contributed by atoms with Gasteiger partial charge in [0, 0.05) is 41.1 Å². The Morgan fingerprint density at radius 1 is 1.15 bits per heavy atom. The predicted molar refractivity (Wildman–Crippen MR) is 106 cm³/mol. The topological polar surface area (TPSA) is 24.5 Å². The summed E-state index contributed by atoms with van der Waals surface area (Å²) >= 11 is 4.91. The van der Waals surface area contributed by atoms with Crippen LogP contribution in [0.25, 0.3) is 0 Å². The van der Waals surface area contributed by atoms with E-state index in [1.165, 1.54) is 17.4 Å². The van der Waals surface area contributed by atoms with Crippen molar-refractivity contribution in [3.05, 3.63) is 50.6 Å². The highest BCUT2D eigenvalue weighted by atomic mass is 79.9. The predicted octanol–water partition coefficient (Wildman–Crippen LogP) is 5.25. The minimum absolute atomic E-state index is 0. The number of hydrogen-bond acceptors (Lipinski definition) is 4. The van der Waals surface area contributed by atoms with Gasteiger partial charge in [-0.1, -0.05) is 22.0 Å². The van der Waals surface area contributed by atoms with Crippen LogP contribution in [0.2, 0.25) is 0 Å². The molecule has 146 valence electrons. The molecule has 0 bridgehead atoms. The highest BCUT2D eigenvalue weighted by Gasteiger charge is 2.35. The largest absolute Gasteiger partial charge is 0.573 e. The van der Waals surface area contributed by atoms with Gasteiger partial charge in [-0.25, -0.2) is 0 Å². The second-order valence-electron chi connectivity index (χ2n) is 5.43. The van der Waals surface area contributed by atoms with E-state index in [0.29, 0.717) is 5.56 Å². The maximum absolute atomic E-state index is 12.8. The first-order chi connectivity index (χ1) is 11.4. The summed E-state index contributed by atoms with van der Waals surface area (Å²) < 4.78 is 43.5. The van der Waals surface area contributed by atoms with Gasteiger partial charge < -0.3 is 10.1 Å². The highest BCUT2D eigenvalue weighted by Crippen LogP contribution is 2.40. The van der Waals surface area contributed by atoms with Gasteiger partial charge in [0.15, 0.2) is 0 Å². The van der Waals surface area contributed by atoms with Crippen molar-refractivity contribution in [1.29, 1.82) is 0 Å². The second kappa shape index (κ2) is 10.1. The summed E-state index contributed by atoms with van der Waals surface area (Å²) in [6.07, 6.45) is -4.72. The molecule has 1 atom stereocenters. The van der Waals surface area contributed by atoms with Gasteiger partial charge in [0.1, 0.15) is 5.75 Å². The molecule has 10 heteroatoms. The van der Waals surface area contributed by atoms with Crippen molar-refractivity contribution in [2.75, 3.05) is 26.2 Å². The van der Waals surface area contributed by atoms with Crippen LogP contribution in [0.1, 0.15) is 16.5 Å². The van der Waals surface area contributed by atoms with Crippen LogP contribution in [0, 0.1) is 0 Å². The summed E-state index contributed by atoms with van der Waals surface area (Å²) in [6, 6.07) is 8.26. The lowest BCUT2D eigenvalue weighted by molar-refractivity contribution is -0.275. The molecule has 1 aromatic heterocycles. The molecule has 0 saturated carbocycles. The zero-order valence-corrected chi connectivity index (χ0v) is 17.5. The van der Waals surface area contributed by atoms with Gasteiger partial charge in [-0.2, -0.15) is 0 Å². The van der Waals surface area contributed by atoms with E-state index in [4.69, 9.17) is 0 Å². The first kappa shape index (κ1) is 23.5. The SMILES string of the molecule is Cl.Cl.FC(F)(F)Oc1ccc(Br)cc1[C@H](c1cccs1)N1CCNCC1. The van der Waals surface area contributed by atoms with Gasteiger partial charge in [-0.05, 0) is 29.6 Å². The van der Waals surface area contributed by atoms with E-state index in [1.54, 1.807) is 12.1 Å². The quantitative estimate of drug-likeness (QED) is 0.629. The molecule has 1 N–H and O–H groups in total. The molecular weight excluding hydrogens is 476 g/mol. The summed E-state index contributed by atoms with van der Waals surface area (Å²) in [6.45, 7) is 3.15. The van der Waals surface area contributed by atoms with Crippen LogP contribution in [0.5, 0.6) is 5.75 Å². The van der Waals surface area contributed by atoms with Crippen molar-refractivity contribution in [1.82, 2.24) is 10.2 Å². The molecule has 1 aliphatic heterocycles. The molecular formula is C16H18BrCl2F3N2OS. The third-order valence-electron chi connectivity index (χ3n) is 3.82. The molecule has 0 unspecified atom stereocenters. The van der Waals surface area contributed by atoms with Crippen molar-refractivity contribution in [3.8, 4) is 5.75 Å². The summed E-state index contributed by atoms with van der Waals surface area (Å²) in [5.74, 6) is -0.150. The molecule has 0 spiro atoms. The first-order valence-corrected chi connectivity index (χ1v) is 9.15. The molecule has 0 radical (unpaired) electrons. The summed E-state index contributed by atoms with van der Waals surface area (Å²) in [5.41, 5.74) is 0.519. The van der Waals surface area contributed by atoms with Crippen LogP contribution in [0.4, 0.5) is 13.2 Å². The Morgan fingerprint density at radius 3 is 2.42 bits per heavy atom. The van der Waals surface area contributed by atoms with Crippen LogP contribution in [-0.4, -0.2) is 37.4 Å². The van der Waals surface area contributed by atoms with E-state index in [2.05, 4.69) is 30.9 Å². The van der Waals surface area contributed by atoms with Gasteiger partial charge in [0.05, 0.1) is 6.04 Å². The van der Waals surface area contributed by atoms with E-state index in [0.717, 1.165) is 35.5 Å². The lowest BCUT2D eigenvalue weighted by Gasteiger charge is -2.35. The molecule has 1 aromatic carbocycles. The standard InChI is InChI=1S/C16H16BrF3N2OS.2ClH/c17-11-3-4-13(23-16(18,19)20)12(10-11)15(14-2-1-9-24-14)22-7-5-21-6-8-22;;/h1-4,9-10,15,21H,5-8H2;2*1H/t15-;;/m1../s1. The van der Waals surface area contributed by atoms with Crippen molar-refractivity contribution in [3.63, 3.8) is 0 Å². The fourth-order valence-corrected chi connectivity index (χ4v) is 4.12. The fraction of sp³-hybridized carbons (Fsp3) is 0.375. The van der Waals surface area contributed by atoms with Crippen molar-refractivity contribution in [2.45, 2.75) is 12.4 Å². The third-order valence-corrected chi connectivity index (χ3v) is 5.24. The van der Waals surface area contributed by atoms with Gasteiger partial charge in [-0.3, -0.25) is 4.90 Å². The molecule has 2 heterocycles. The highest BCUT2D eigenvalue weighted by molar-refractivity contribution is 9.10. The zero-order chi connectivity index (χ0) is 17.2. The Hall–Kier alpha value is -0.510. The summed E-state index contributed by atoms with van der Waals surface area (Å²) in [4.78, 5) is 3.19. The monoisotopic (exact) mass is 492 g/mol. The normalized spacial score (nSPS) is 16.3. The van der Waals surface area contributed by atoms with Gasteiger partial charge in [0.2, 0.25) is 0 Å². The number of hydrogen-bond donors (Lipinski definition) is 1. The minimum atomic E-state index is -4.72. The molecule has 3 nitrogen and oxygen atoms in total. The van der Waals surface area contributed by atoms with E-state index in [9.17, 15) is 13.2 Å². The number of halogens is 6. The molecule has 0 aliphatic carbocycles. The number of ether oxygens (including phenoxy) is 1. The van der Waals surface area contributed by atoms with Gasteiger partial charge >= 0.3 is 6.36 Å². The Kier molecular flexibility index (Phi) is 9.18. The summed E-state index contributed by atoms with van der Waals surface area (Å²) in [5, 5.41) is 5.21. The van der Waals surface area contributed by atoms with Crippen LogP contribution >= 0.6 is 52.1 Å². The second-order valence-corrected chi connectivity index (χ2v) is 7.33. The Balaban J connectivity index is 0.00000169. The number of nitrogens with zero attached hydrogens (tertiary/aromatic N) is 1. The lowest BCUT2D eigenvalue weighted by Crippen LogP contribution is -2.45. The zero-order valence-electron chi connectivity index (χ0n) is 13.5. The lowest BCUT2D eigenvalue weighted by atomic mass is 10.0. The number of rotatable bonds is 4. The smallest absolute Gasteiger partial charge is 0.405 e. The molecule has 26 heavy (non-hydrogen) atoms.